The maximum atomic E-state index is 14.7. The molecule has 0 aliphatic carbocycles. The van der Waals surface area contributed by atoms with Gasteiger partial charge in [-0.15, -0.1) is 0 Å². The highest BCUT2D eigenvalue weighted by molar-refractivity contribution is 7.07. The van der Waals surface area contributed by atoms with Crippen molar-refractivity contribution in [2.75, 3.05) is 26.2 Å². The molecule has 1 spiro atoms. The number of piperidine rings is 1. The zero-order chi connectivity index (χ0) is 16.4. The van der Waals surface area contributed by atoms with Crippen molar-refractivity contribution < 1.29 is 9.18 Å². The molecule has 0 bridgehead atoms. The van der Waals surface area contributed by atoms with Crippen LogP contribution >= 0.6 is 11.3 Å². The molecule has 2 aliphatic rings. The van der Waals surface area contributed by atoms with Crippen LogP contribution in [0.15, 0.2) is 16.8 Å². The van der Waals surface area contributed by atoms with Crippen molar-refractivity contribution in [3.05, 3.63) is 22.4 Å². The highest BCUT2D eigenvalue weighted by Gasteiger charge is 2.49. The maximum Gasteiger partial charge on any atom is 0.317 e. The lowest BCUT2D eigenvalue weighted by molar-refractivity contribution is 0.0247. The standard InChI is InChI=1S/C17H26FN3OS/c1-13(2)19-16(22)21-6-3-15(18)17(12-21)5-7-20(11-17)9-14-4-8-23-10-14/h4,8,10,13,15H,3,5-7,9,11-12H2,1-2H3,(H,19,22)/t15-,17+/m1/s1. The summed E-state index contributed by atoms with van der Waals surface area (Å²) in [5.74, 6) is 0. The third-order valence-corrected chi connectivity index (χ3v) is 5.70. The first kappa shape index (κ1) is 16.7. The predicted octanol–water partition coefficient (Wildman–Crippen LogP) is 3.10. The first-order chi connectivity index (χ1) is 11.0. The fourth-order valence-electron chi connectivity index (χ4n) is 3.79. The third kappa shape index (κ3) is 3.69. The Hall–Kier alpha value is -1.14. The zero-order valence-corrected chi connectivity index (χ0v) is 14.7. The summed E-state index contributed by atoms with van der Waals surface area (Å²) in [6.07, 6.45) is 0.486. The van der Waals surface area contributed by atoms with Crippen molar-refractivity contribution in [1.82, 2.24) is 15.1 Å². The molecule has 1 N–H and O–H groups in total. The van der Waals surface area contributed by atoms with Gasteiger partial charge in [-0.25, -0.2) is 9.18 Å². The summed E-state index contributed by atoms with van der Waals surface area (Å²) in [7, 11) is 0. The second-order valence-electron chi connectivity index (χ2n) is 7.24. The largest absolute Gasteiger partial charge is 0.336 e. The van der Waals surface area contributed by atoms with E-state index in [1.165, 1.54) is 5.56 Å². The SMILES string of the molecule is CC(C)NC(=O)N1CC[C@@H](F)[C@]2(CCN(Cc3ccsc3)C2)C1. The lowest BCUT2D eigenvalue weighted by Crippen LogP contribution is -2.56. The van der Waals surface area contributed by atoms with E-state index in [1.807, 2.05) is 18.7 Å². The highest BCUT2D eigenvalue weighted by atomic mass is 32.1. The number of hydrogen-bond donors (Lipinski definition) is 1. The molecule has 2 fully saturated rings. The monoisotopic (exact) mass is 339 g/mol. The lowest BCUT2D eigenvalue weighted by Gasteiger charge is -2.43. The number of alkyl halides is 1. The molecule has 2 atom stereocenters. The molecule has 128 valence electrons. The van der Waals surface area contributed by atoms with E-state index in [4.69, 9.17) is 0 Å². The Kier molecular flexibility index (Phi) is 4.92. The van der Waals surface area contributed by atoms with Gasteiger partial charge in [0.15, 0.2) is 0 Å². The Morgan fingerprint density at radius 1 is 1.48 bits per heavy atom. The molecule has 6 heteroatoms. The van der Waals surface area contributed by atoms with Gasteiger partial charge in [-0.1, -0.05) is 0 Å². The fraction of sp³-hybridized carbons (Fsp3) is 0.706. The van der Waals surface area contributed by atoms with Crippen molar-refractivity contribution >= 4 is 17.4 Å². The van der Waals surface area contributed by atoms with Crippen molar-refractivity contribution in [3.63, 3.8) is 0 Å². The van der Waals surface area contributed by atoms with E-state index in [2.05, 4.69) is 27.0 Å². The summed E-state index contributed by atoms with van der Waals surface area (Å²) < 4.78 is 14.7. The van der Waals surface area contributed by atoms with Gasteiger partial charge in [0.1, 0.15) is 6.17 Å². The van der Waals surface area contributed by atoms with E-state index < -0.39 is 6.17 Å². The smallest absolute Gasteiger partial charge is 0.317 e. The third-order valence-electron chi connectivity index (χ3n) is 4.97. The van der Waals surface area contributed by atoms with Crippen LogP contribution in [0.4, 0.5) is 9.18 Å². The quantitative estimate of drug-likeness (QED) is 0.918. The molecule has 1 aromatic rings. The molecule has 0 unspecified atom stereocenters. The van der Waals surface area contributed by atoms with Crippen molar-refractivity contribution in [3.8, 4) is 0 Å². The number of rotatable bonds is 3. The number of carbonyl (C=O) groups is 1. The second-order valence-corrected chi connectivity index (χ2v) is 8.02. The Balaban J connectivity index is 1.64. The Labute approximate surface area is 141 Å². The van der Waals surface area contributed by atoms with Gasteiger partial charge in [-0.2, -0.15) is 11.3 Å². The number of nitrogens with zero attached hydrogens (tertiary/aromatic N) is 2. The second kappa shape index (κ2) is 6.77. The van der Waals surface area contributed by atoms with Gasteiger partial charge in [0.05, 0.1) is 0 Å². The van der Waals surface area contributed by atoms with E-state index in [1.54, 1.807) is 11.3 Å². The number of nitrogens with one attached hydrogen (secondary N) is 1. The van der Waals surface area contributed by atoms with Crippen LogP contribution in [0.3, 0.4) is 0 Å². The van der Waals surface area contributed by atoms with Gasteiger partial charge < -0.3 is 10.2 Å². The molecule has 0 radical (unpaired) electrons. The van der Waals surface area contributed by atoms with Gasteiger partial charge in [-0.3, -0.25) is 4.90 Å². The van der Waals surface area contributed by atoms with Gasteiger partial charge in [0.25, 0.3) is 0 Å². The Bertz CT molecular complexity index is 536. The number of urea groups is 1. The highest BCUT2D eigenvalue weighted by Crippen LogP contribution is 2.41. The van der Waals surface area contributed by atoms with Crippen LogP contribution < -0.4 is 5.32 Å². The molecule has 2 saturated heterocycles. The first-order valence-electron chi connectivity index (χ1n) is 8.41. The van der Waals surface area contributed by atoms with Crippen LogP contribution in [-0.4, -0.2) is 54.2 Å². The minimum absolute atomic E-state index is 0.0532. The lowest BCUT2D eigenvalue weighted by atomic mass is 9.77. The Morgan fingerprint density at radius 2 is 2.30 bits per heavy atom. The summed E-state index contributed by atoms with van der Waals surface area (Å²) in [5, 5.41) is 7.17. The molecule has 3 rings (SSSR count). The summed E-state index contributed by atoms with van der Waals surface area (Å²) in [4.78, 5) is 16.4. The summed E-state index contributed by atoms with van der Waals surface area (Å²) >= 11 is 1.70. The normalized spacial score (nSPS) is 28.7. The van der Waals surface area contributed by atoms with Crippen LogP contribution in [0.5, 0.6) is 0 Å². The first-order valence-corrected chi connectivity index (χ1v) is 9.36. The van der Waals surface area contributed by atoms with Gasteiger partial charge in [0.2, 0.25) is 0 Å². The molecule has 4 nitrogen and oxygen atoms in total. The predicted molar refractivity (Wildman–Crippen MR) is 91.4 cm³/mol. The summed E-state index contributed by atoms with van der Waals surface area (Å²) in [6, 6.07) is 2.19. The number of hydrogen-bond acceptors (Lipinski definition) is 3. The fourth-order valence-corrected chi connectivity index (χ4v) is 4.45. The van der Waals surface area contributed by atoms with Gasteiger partial charge in [0, 0.05) is 37.6 Å². The molecule has 2 aliphatic heterocycles. The number of halogens is 1. The molecule has 2 amide bonds. The number of likely N-dealkylation sites (tertiary alicyclic amines) is 2. The molecule has 1 aromatic heterocycles. The van der Waals surface area contributed by atoms with Gasteiger partial charge >= 0.3 is 6.03 Å². The van der Waals surface area contributed by atoms with Crippen LogP contribution in [0, 0.1) is 5.41 Å². The average molecular weight is 339 g/mol. The topological polar surface area (TPSA) is 35.6 Å². The Morgan fingerprint density at radius 3 is 3.00 bits per heavy atom. The average Bonchev–Trinajstić information content (AvgIpc) is 3.13. The molecule has 3 heterocycles. The number of carbonyl (C=O) groups excluding carboxylic acids is 1. The van der Waals surface area contributed by atoms with Crippen molar-refractivity contribution in [2.24, 2.45) is 5.41 Å². The minimum atomic E-state index is -0.807. The van der Waals surface area contributed by atoms with Crippen LogP contribution in [-0.2, 0) is 6.54 Å². The van der Waals surface area contributed by atoms with Gasteiger partial charge in [-0.05, 0) is 55.6 Å². The van der Waals surface area contributed by atoms with Crippen molar-refractivity contribution in [2.45, 2.75) is 45.4 Å². The summed E-state index contributed by atoms with van der Waals surface area (Å²) in [6.45, 7) is 7.50. The molecular formula is C17H26FN3OS. The van der Waals surface area contributed by atoms with E-state index in [0.717, 1.165) is 26.1 Å². The maximum absolute atomic E-state index is 14.7. The zero-order valence-electron chi connectivity index (χ0n) is 13.9. The van der Waals surface area contributed by atoms with Crippen LogP contribution in [0.1, 0.15) is 32.3 Å². The molecule has 0 aromatic carbocycles. The van der Waals surface area contributed by atoms with E-state index in [9.17, 15) is 9.18 Å². The molecule has 23 heavy (non-hydrogen) atoms. The molecular weight excluding hydrogens is 313 g/mol. The van der Waals surface area contributed by atoms with Crippen LogP contribution in [0.25, 0.3) is 0 Å². The number of thiophene rings is 1. The number of amides is 2. The van der Waals surface area contributed by atoms with Crippen LogP contribution in [0.2, 0.25) is 0 Å². The van der Waals surface area contributed by atoms with Crippen molar-refractivity contribution in [1.29, 1.82) is 0 Å². The van der Waals surface area contributed by atoms with E-state index in [0.29, 0.717) is 19.5 Å². The molecule has 0 saturated carbocycles. The van der Waals surface area contributed by atoms with E-state index in [-0.39, 0.29) is 17.5 Å². The summed E-state index contributed by atoms with van der Waals surface area (Å²) in [5.41, 5.74) is 0.912. The van der Waals surface area contributed by atoms with E-state index >= 15 is 0 Å². The minimum Gasteiger partial charge on any atom is -0.336 e.